The van der Waals surface area contributed by atoms with Gasteiger partial charge in [-0.25, -0.2) is 4.79 Å². The summed E-state index contributed by atoms with van der Waals surface area (Å²) in [6.07, 6.45) is 1.78. The van der Waals surface area contributed by atoms with Crippen LogP contribution in [0.3, 0.4) is 0 Å². The van der Waals surface area contributed by atoms with Crippen LogP contribution in [0.4, 0.5) is 0 Å². The van der Waals surface area contributed by atoms with Crippen LogP contribution in [0.1, 0.15) is 53.4 Å². The summed E-state index contributed by atoms with van der Waals surface area (Å²) < 4.78 is 10.5. The van der Waals surface area contributed by atoms with E-state index < -0.39 is 11.8 Å². The topological polar surface area (TPSA) is 72.8 Å². The number of hydrogen-bond acceptors (Lipinski definition) is 5. The van der Waals surface area contributed by atoms with Gasteiger partial charge in [0.05, 0.1) is 6.61 Å². The maximum absolute atomic E-state index is 12.4. The summed E-state index contributed by atoms with van der Waals surface area (Å²) >= 11 is 0. The first-order valence-corrected chi connectivity index (χ1v) is 7.57. The second-order valence-electron chi connectivity index (χ2n) is 6.69. The van der Waals surface area contributed by atoms with Crippen molar-refractivity contribution in [3.05, 3.63) is 11.3 Å². The van der Waals surface area contributed by atoms with Gasteiger partial charge in [-0.2, -0.15) is 0 Å². The molecule has 118 valence electrons. The first-order chi connectivity index (χ1) is 9.72. The van der Waals surface area contributed by atoms with Gasteiger partial charge >= 0.3 is 11.8 Å². The molecule has 2 aliphatic rings. The van der Waals surface area contributed by atoms with Crippen molar-refractivity contribution in [3.63, 3.8) is 0 Å². The van der Waals surface area contributed by atoms with Crippen LogP contribution < -0.4 is 0 Å². The Morgan fingerprint density at radius 1 is 1.38 bits per heavy atom. The number of aliphatic hydroxyl groups is 1. The highest BCUT2D eigenvalue weighted by Gasteiger charge is 2.51. The molecule has 1 aliphatic heterocycles. The largest absolute Gasteiger partial charge is 0.461 e. The minimum absolute atomic E-state index is 0.0685. The van der Waals surface area contributed by atoms with Crippen molar-refractivity contribution in [2.24, 2.45) is 11.3 Å². The Bertz CT molecular complexity index is 491. The highest BCUT2D eigenvalue weighted by Crippen LogP contribution is 2.46. The fourth-order valence-electron chi connectivity index (χ4n) is 3.22. The van der Waals surface area contributed by atoms with E-state index >= 15 is 0 Å². The number of hydrogen-bond donors (Lipinski definition) is 1. The SMILES string of the molecule is CCOC(=O)C1(O)C[C@@H](CC)C2=C(CC(C)(C)CC2=O)O1. The van der Waals surface area contributed by atoms with E-state index in [0.29, 0.717) is 30.6 Å². The highest BCUT2D eigenvalue weighted by atomic mass is 16.7. The van der Waals surface area contributed by atoms with E-state index in [-0.39, 0.29) is 30.1 Å². The van der Waals surface area contributed by atoms with E-state index in [2.05, 4.69) is 0 Å². The fourth-order valence-corrected chi connectivity index (χ4v) is 3.22. The van der Waals surface area contributed by atoms with E-state index in [1.165, 1.54) is 0 Å². The second-order valence-corrected chi connectivity index (χ2v) is 6.69. The van der Waals surface area contributed by atoms with Crippen LogP contribution in [-0.2, 0) is 19.1 Å². The minimum Gasteiger partial charge on any atom is -0.461 e. The van der Waals surface area contributed by atoms with Crippen LogP contribution in [-0.4, -0.2) is 29.3 Å². The maximum Gasteiger partial charge on any atom is 0.379 e. The standard InChI is InChI=1S/C16H24O5/c1-5-10-7-16(19,14(18)20-6-2)21-12-9-15(3,4)8-11(17)13(10)12/h10,19H,5-9H2,1-4H3/t10-,16?/m1/s1. The number of ketones is 1. The van der Waals surface area contributed by atoms with E-state index in [4.69, 9.17) is 9.47 Å². The van der Waals surface area contributed by atoms with Gasteiger partial charge in [-0.1, -0.05) is 20.8 Å². The summed E-state index contributed by atoms with van der Waals surface area (Å²) in [6.45, 7) is 7.77. The smallest absolute Gasteiger partial charge is 0.379 e. The molecule has 2 atom stereocenters. The van der Waals surface area contributed by atoms with Crippen molar-refractivity contribution >= 4 is 11.8 Å². The summed E-state index contributed by atoms with van der Waals surface area (Å²) in [5, 5.41) is 10.5. The number of ether oxygens (including phenoxy) is 2. The molecule has 0 bridgehead atoms. The van der Waals surface area contributed by atoms with Gasteiger partial charge in [0.15, 0.2) is 5.78 Å². The van der Waals surface area contributed by atoms with Gasteiger partial charge in [0.2, 0.25) is 0 Å². The molecule has 2 rings (SSSR count). The van der Waals surface area contributed by atoms with Crippen molar-refractivity contribution in [3.8, 4) is 0 Å². The Morgan fingerprint density at radius 2 is 2.05 bits per heavy atom. The number of carbonyl (C=O) groups excluding carboxylic acids is 2. The Hall–Kier alpha value is -1.36. The molecule has 5 nitrogen and oxygen atoms in total. The van der Waals surface area contributed by atoms with E-state index in [0.717, 1.165) is 0 Å². The number of carbonyl (C=O) groups is 2. The molecule has 1 aliphatic carbocycles. The van der Waals surface area contributed by atoms with Crippen molar-refractivity contribution in [1.82, 2.24) is 0 Å². The third kappa shape index (κ3) is 2.98. The zero-order chi connectivity index (χ0) is 15.8. The molecule has 21 heavy (non-hydrogen) atoms. The summed E-state index contributed by atoms with van der Waals surface area (Å²) in [4.78, 5) is 24.4. The number of allylic oxidation sites excluding steroid dienone is 2. The van der Waals surface area contributed by atoms with E-state index in [1.54, 1.807) is 6.92 Å². The molecule has 0 spiro atoms. The summed E-state index contributed by atoms with van der Waals surface area (Å²) in [7, 11) is 0. The van der Waals surface area contributed by atoms with Gasteiger partial charge in [0, 0.05) is 24.8 Å². The lowest BCUT2D eigenvalue weighted by Gasteiger charge is -2.42. The average Bonchev–Trinajstić information content (AvgIpc) is 2.35. The average molecular weight is 296 g/mol. The molecular formula is C16H24O5. The van der Waals surface area contributed by atoms with Crippen molar-refractivity contribution in [1.29, 1.82) is 0 Å². The molecule has 0 aromatic carbocycles. The maximum atomic E-state index is 12.4. The van der Waals surface area contributed by atoms with E-state index in [1.807, 2.05) is 20.8 Å². The first kappa shape index (κ1) is 16.0. The van der Waals surface area contributed by atoms with Gasteiger partial charge < -0.3 is 14.6 Å². The normalized spacial score (nSPS) is 31.5. The Labute approximate surface area is 125 Å². The molecule has 1 N–H and O–H groups in total. The highest BCUT2D eigenvalue weighted by molar-refractivity contribution is 5.98. The Balaban J connectivity index is 2.38. The molecule has 1 heterocycles. The molecule has 0 fully saturated rings. The zero-order valence-electron chi connectivity index (χ0n) is 13.2. The minimum atomic E-state index is -1.97. The van der Waals surface area contributed by atoms with Gasteiger partial charge in [-0.15, -0.1) is 0 Å². The molecule has 0 radical (unpaired) electrons. The van der Waals surface area contributed by atoms with Gasteiger partial charge in [-0.05, 0) is 24.7 Å². The molecule has 0 aromatic heterocycles. The van der Waals surface area contributed by atoms with Crippen LogP contribution in [0.5, 0.6) is 0 Å². The fraction of sp³-hybridized carbons (Fsp3) is 0.750. The molecular weight excluding hydrogens is 272 g/mol. The second kappa shape index (κ2) is 5.44. The molecule has 0 aromatic rings. The Morgan fingerprint density at radius 3 is 2.62 bits per heavy atom. The quantitative estimate of drug-likeness (QED) is 0.809. The van der Waals surface area contributed by atoms with Crippen LogP contribution in [0, 0.1) is 11.3 Å². The molecule has 5 heteroatoms. The van der Waals surface area contributed by atoms with Crippen LogP contribution in [0.2, 0.25) is 0 Å². The predicted molar refractivity (Wildman–Crippen MR) is 76.1 cm³/mol. The molecule has 0 saturated heterocycles. The third-order valence-corrected chi connectivity index (χ3v) is 4.19. The summed E-state index contributed by atoms with van der Waals surface area (Å²) in [5.41, 5.74) is 0.437. The zero-order valence-corrected chi connectivity index (χ0v) is 13.2. The number of esters is 1. The van der Waals surface area contributed by atoms with Crippen molar-refractivity contribution < 1.29 is 24.2 Å². The molecule has 0 amide bonds. The van der Waals surface area contributed by atoms with Crippen LogP contribution in [0.25, 0.3) is 0 Å². The number of rotatable bonds is 3. The predicted octanol–water partition coefficient (Wildman–Crippen LogP) is 2.33. The summed E-state index contributed by atoms with van der Waals surface area (Å²) in [6, 6.07) is 0. The monoisotopic (exact) mass is 296 g/mol. The summed E-state index contributed by atoms with van der Waals surface area (Å²) in [5.74, 6) is -2.37. The van der Waals surface area contributed by atoms with Crippen molar-refractivity contribution in [2.75, 3.05) is 6.61 Å². The third-order valence-electron chi connectivity index (χ3n) is 4.19. The lowest BCUT2D eigenvalue weighted by Crippen LogP contribution is -2.49. The van der Waals surface area contributed by atoms with Gasteiger partial charge in [-0.3, -0.25) is 4.79 Å². The van der Waals surface area contributed by atoms with Crippen LogP contribution >= 0.6 is 0 Å². The Kier molecular flexibility index (Phi) is 4.15. The first-order valence-electron chi connectivity index (χ1n) is 7.57. The number of Topliss-reactive ketones (excluding diaryl/α,β-unsaturated/α-hetero) is 1. The molecule has 1 unspecified atom stereocenters. The van der Waals surface area contributed by atoms with Crippen LogP contribution in [0.15, 0.2) is 11.3 Å². The van der Waals surface area contributed by atoms with Crippen molar-refractivity contribution in [2.45, 2.75) is 59.2 Å². The van der Waals surface area contributed by atoms with Gasteiger partial charge in [0.25, 0.3) is 0 Å². The van der Waals surface area contributed by atoms with Gasteiger partial charge in [0.1, 0.15) is 5.76 Å². The van der Waals surface area contributed by atoms with E-state index in [9.17, 15) is 14.7 Å². The molecule has 0 saturated carbocycles. The lowest BCUT2D eigenvalue weighted by atomic mass is 9.71. The lowest BCUT2D eigenvalue weighted by molar-refractivity contribution is -0.228.